The Kier molecular flexibility index (Phi) is 3.51. The Bertz CT molecular complexity index is 826. The summed E-state index contributed by atoms with van der Waals surface area (Å²) in [6, 6.07) is 21.8. The van der Waals surface area contributed by atoms with Crippen molar-refractivity contribution in [2.24, 2.45) is 28.7 Å². The molecule has 0 amide bonds. The van der Waals surface area contributed by atoms with E-state index in [9.17, 15) is 0 Å². The molecule has 0 aromatic heterocycles. The van der Waals surface area contributed by atoms with Crippen LogP contribution in [0.1, 0.15) is 43.2 Å². The number of benzene rings is 2. The lowest BCUT2D eigenvalue weighted by Crippen LogP contribution is -2.58. The third kappa shape index (κ3) is 2.49. The lowest BCUT2D eigenvalue weighted by atomic mass is 9.49. The zero-order chi connectivity index (χ0) is 17.8. The highest BCUT2D eigenvalue weighted by Crippen LogP contribution is 2.61. The SMILES string of the molecule is c1ccc(CN2CC3(N=C2c2ccccc2)C2CC4CC(C2)CC3C4)cc1. The minimum atomic E-state index is 0.188. The van der Waals surface area contributed by atoms with Gasteiger partial charge in [0.2, 0.25) is 0 Å². The van der Waals surface area contributed by atoms with Gasteiger partial charge in [-0.3, -0.25) is 4.99 Å². The van der Waals surface area contributed by atoms with Crippen molar-refractivity contribution in [1.82, 2.24) is 4.90 Å². The maximum absolute atomic E-state index is 5.61. The summed E-state index contributed by atoms with van der Waals surface area (Å²) in [5.41, 5.74) is 2.87. The number of amidine groups is 1. The average molecular weight is 357 g/mol. The van der Waals surface area contributed by atoms with Crippen molar-refractivity contribution in [3.63, 3.8) is 0 Å². The van der Waals surface area contributed by atoms with Gasteiger partial charge in [-0.15, -0.1) is 0 Å². The fourth-order valence-electron chi connectivity index (χ4n) is 6.89. The molecule has 0 atom stereocenters. The smallest absolute Gasteiger partial charge is 0.131 e. The van der Waals surface area contributed by atoms with E-state index in [4.69, 9.17) is 4.99 Å². The first-order valence-electron chi connectivity index (χ1n) is 10.7. The molecule has 5 aliphatic rings. The highest BCUT2D eigenvalue weighted by Gasteiger charge is 2.60. The van der Waals surface area contributed by atoms with Crippen LogP contribution in [0.2, 0.25) is 0 Å². The second-order valence-electron chi connectivity index (χ2n) is 9.44. The van der Waals surface area contributed by atoms with Crippen molar-refractivity contribution < 1.29 is 0 Å². The van der Waals surface area contributed by atoms with Crippen molar-refractivity contribution in [1.29, 1.82) is 0 Å². The highest BCUT2D eigenvalue weighted by molar-refractivity contribution is 6.00. The fourth-order valence-corrected chi connectivity index (χ4v) is 6.89. The molecule has 0 saturated heterocycles. The third-order valence-electron chi connectivity index (χ3n) is 7.86. The Morgan fingerprint density at radius 2 is 1.37 bits per heavy atom. The van der Waals surface area contributed by atoms with Crippen LogP contribution in [0, 0.1) is 23.7 Å². The van der Waals surface area contributed by atoms with Gasteiger partial charge in [0, 0.05) is 18.7 Å². The van der Waals surface area contributed by atoms with E-state index in [2.05, 4.69) is 65.6 Å². The van der Waals surface area contributed by atoms with E-state index in [-0.39, 0.29) is 5.54 Å². The summed E-state index contributed by atoms with van der Waals surface area (Å²) >= 11 is 0. The van der Waals surface area contributed by atoms with Gasteiger partial charge in [-0.1, -0.05) is 60.7 Å². The lowest BCUT2D eigenvalue weighted by Gasteiger charge is -2.58. The summed E-state index contributed by atoms with van der Waals surface area (Å²) in [4.78, 5) is 8.20. The number of aliphatic imine (C=N–C) groups is 1. The molecule has 27 heavy (non-hydrogen) atoms. The molecule has 2 aromatic rings. The molecule has 7 rings (SSSR count). The van der Waals surface area contributed by atoms with Gasteiger partial charge in [-0.2, -0.15) is 0 Å². The maximum Gasteiger partial charge on any atom is 0.131 e. The molecule has 0 radical (unpaired) electrons. The van der Waals surface area contributed by atoms with Gasteiger partial charge in [0.25, 0.3) is 0 Å². The summed E-state index contributed by atoms with van der Waals surface area (Å²) < 4.78 is 0. The molecule has 138 valence electrons. The molecule has 4 bridgehead atoms. The molecule has 2 aromatic carbocycles. The third-order valence-corrected chi connectivity index (χ3v) is 7.86. The Morgan fingerprint density at radius 1 is 0.778 bits per heavy atom. The normalized spacial score (nSPS) is 36.4. The van der Waals surface area contributed by atoms with E-state index in [1.54, 1.807) is 0 Å². The van der Waals surface area contributed by atoms with Crippen LogP contribution in [-0.2, 0) is 6.54 Å². The molecule has 0 N–H and O–H groups in total. The zero-order valence-electron chi connectivity index (χ0n) is 15.9. The van der Waals surface area contributed by atoms with E-state index >= 15 is 0 Å². The van der Waals surface area contributed by atoms with E-state index in [0.29, 0.717) is 0 Å². The second kappa shape index (κ2) is 5.95. The molecule has 2 heteroatoms. The van der Waals surface area contributed by atoms with Crippen LogP contribution in [0.4, 0.5) is 0 Å². The zero-order valence-corrected chi connectivity index (χ0v) is 15.9. The van der Waals surface area contributed by atoms with Gasteiger partial charge in [-0.25, -0.2) is 0 Å². The van der Waals surface area contributed by atoms with E-state index < -0.39 is 0 Å². The number of hydrogen-bond donors (Lipinski definition) is 0. The standard InChI is InChI=1S/C25H28N2/c1-3-7-18(8-4-1)16-27-17-25(26-24(27)21-9-5-2-6-10-21)22-12-19-11-20(14-22)15-23(25)13-19/h1-10,19-20,22-23H,11-17H2. The molecule has 0 unspecified atom stereocenters. The summed E-state index contributed by atoms with van der Waals surface area (Å²) in [5.74, 6) is 4.86. The van der Waals surface area contributed by atoms with Crippen LogP contribution in [0.3, 0.4) is 0 Å². The molecule has 4 saturated carbocycles. The minimum absolute atomic E-state index is 0.188. The molecule has 2 nitrogen and oxygen atoms in total. The Labute approximate surface area is 162 Å². The molecule has 1 spiro atoms. The topological polar surface area (TPSA) is 15.6 Å². The molecular weight excluding hydrogens is 328 g/mol. The van der Waals surface area contributed by atoms with Gasteiger partial charge in [0.15, 0.2) is 0 Å². The summed E-state index contributed by atoms with van der Waals surface area (Å²) in [5, 5.41) is 0. The molecule has 4 aliphatic carbocycles. The van der Waals surface area contributed by atoms with Crippen molar-refractivity contribution >= 4 is 5.84 Å². The average Bonchev–Trinajstić information content (AvgIpc) is 3.07. The van der Waals surface area contributed by atoms with Gasteiger partial charge < -0.3 is 4.90 Å². The molecule has 1 heterocycles. The van der Waals surface area contributed by atoms with Crippen molar-refractivity contribution in [3.05, 3.63) is 71.8 Å². The van der Waals surface area contributed by atoms with Gasteiger partial charge in [0.1, 0.15) is 5.84 Å². The first-order chi connectivity index (χ1) is 13.3. The van der Waals surface area contributed by atoms with E-state index in [1.807, 2.05) is 0 Å². The van der Waals surface area contributed by atoms with E-state index in [1.165, 1.54) is 49.1 Å². The van der Waals surface area contributed by atoms with Gasteiger partial charge >= 0.3 is 0 Å². The van der Waals surface area contributed by atoms with Gasteiger partial charge in [-0.05, 0) is 61.3 Å². The summed E-state index contributed by atoms with van der Waals surface area (Å²) in [7, 11) is 0. The predicted octanol–water partition coefficient (Wildman–Crippen LogP) is 5.14. The van der Waals surface area contributed by atoms with Crippen molar-refractivity contribution in [3.8, 4) is 0 Å². The second-order valence-corrected chi connectivity index (χ2v) is 9.44. The Balaban J connectivity index is 1.40. The van der Waals surface area contributed by atoms with Crippen LogP contribution < -0.4 is 0 Å². The fraction of sp³-hybridized carbons (Fsp3) is 0.480. The monoisotopic (exact) mass is 356 g/mol. The quantitative estimate of drug-likeness (QED) is 0.743. The summed E-state index contributed by atoms with van der Waals surface area (Å²) in [6.07, 6.45) is 7.22. The molecule has 4 fully saturated rings. The number of nitrogens with zero attached hydrogens (tertiary/aromatic N) is 2. The van der Waals surface area contributed by atoms with Crippen LogP contribution in [0.15, 0.2) is 65.7 Å². The minimum Gasteiger partial charge on any atom is -0.350 e. The first-order valence-corrected chi connectivity index (χ1v) is 10.7. The van der Waals surface area contributed by atoms with Crippen molar-refractivity contribution in [2.45, 2.75) is 44.2 Å². The van der Waals surface area contributed by atoms with Crippen LogP contribution in [-0.4, -0.2) is 22.8 Å². The predicted molar refractivity (Wildman–Crippen MR) is 110 cm³/mol. The Hall–Kier alpha value is -2.09. The largest absolute Gasteiger partial charge is 0.350 e. The number of hydrogen-bond acceptors (Lipinski definition) is 2. The maximum atomic E-state index is 5.61. The van der Waals surface area contributed by atoms with Crippen LogP contribution in [0.5, 0.6) is 0 Å². The molecule has 1 aliphatic heterocycles. The van der Waals surface area contributed by atoms with Crippen LogP contribution >= 0.6 is 0 Å². The number of rotatable bonds is 3. The van der Waals surface area contributed by atoms with Gasteiger partial charge in [0.05, 0.1) is 5.54 Å². The molecular formula is C25H28N2. The first kappa shape index (κ1) is 15.9. The van der Waals surface area contributed by atoms with E-state index in [0.717, 1.165) is 36.8 Å². The lowest BCUT2D eigenvalue weighted by molar-refractivity contribution is -0.0540. The van der Waals surface area contributed by atoms with Crippen molar-refractivity contribution in [2.75, 3.05) is 6.54 Å². The highest BCUT2D eigenvalue weighted by atomic mass is 15.3. The summed E-state index contributed by atoms with van der Waals surface area (Å²) in [6.45, 7) is 2.10. The Morgan fingerprint density at radius 3 is 2.00 bits per heavy atom. The van der Waals surface area contributed by atoms with Crippen LogP contribution in [0.25, 0.3) is 0 Å².